The largest absolute Gasteiger partial charge is 0.461 e. The Morgan fingerprint density at radius 3 is 2.41 bits per heavy atom. The minimum Gasteiger partial charge on any atom is -0.461 e. The minimum atomic E-state index is -1.42. The third-order valence-electron chi connectivity index (χ3n) is 3.16. The van der Waals surface area contributed by atoms with Crippen molar-refractivity contribution in [1.82, 2.24) is 0 Å². The zero-order valence-electron chi connectivity index (χ0n) is 13.9. The summed E-state index contributed by atoms with van der Waals surface area (Å²) in [5, 5.41) is 0. The molecule has 0 aromatic heterocycles. The lowest BCUT2D eigenvalue weighted by Crippen LogP contribution is -2.49. The Morgan fingerprint density at radius 1 is 1.41 bits per heavy atom. The van der Waals surface area contributed by atoms with Gasteiger partial charge in [-0.25, -0.2) is 9.18 Å². The van der Waals surface area contributed by atoms with Gasteiger partial charge in [0.2, 0.25) is 0 Å². The molecule has 0 fully saturated rings. The summed E-state index contributed by atoms with van der Waals surface area (Å²) in [6.45, 7) is 9.38. The average Bonchev–Trinajstić information content (AvgIpc) is 2.35. The van der Waals surface area contributed by atoms with Gasteiger partial charge in [0.05, 0.1) is 11.7 Å². The van der Waals surface area contributed by atoms with Crippen molar-refractivity contribution >= 4 is 5.97 Å². The quantitative estimate of drug-likeness (QED) is 0.685. The van der Waals surface area contributed by atoms with Gasteiger partial charge in [-0.05, 0) is 43.4 Å². The predicted molar refractivity (Wildman–Crippen MR) is 85.5 cm³/mol. The van der Waals surface area contributed by atoms with Gasteiger partial charge in [0.1, 0.15) is 11.4 Å². The van der Waals surface area contributed by atoms with Crippen LogP contribution in [-0.4, -0.2) is 12.1 Å². The second kappa shape index (κ2) is 6.50. The van der Waals surface area contributed by atoms with Crippen LogP contribution in [0, 0.1) is 23.6 Å². The van der Waals surface area contributed by atoms with Crippen molar-refractivity contribution in [2.45, 2.75) is 52.7 Å². The van der Waals surface area contributed by atoms with Gasteiger partial charge in [-0.2, -0.15) is 0 Å². The average molecular weight is 305 g/mol. The van der Waals surface area contributed by atoms with Crippen LogP contribution >= 0.6 is 0 Å². The molecule has 1 aromatic carbocycles. The van der Waals surface area contributed by atoms with E-state index in [1.54, 1.807) is 19.9 Å². The number of ether oxygens (including phenoxy) is 1. The fourth-order valence-corrected chi connectivity index (χ4v) is 2.36. The second-order valence-corrected chi connectivity index (χ2v) is 7.00. The highest BCUT2D eigenvalue weighted by Gasteiger charge is 2.41. The number of carbonyl (C=O) groups is 1. The van der Waals surface area contributed by atoms with E-state index >= 15 is 0 Å². The Morgan fingerprint density at radius 2 is 2.00 bits per heavy atom. The first-order valence-electron chi connectivity index (χ1n) is 7.26. The highest BCUT2D eigenvalue weighted by molar-refractivity contribution is 5.82. The Bertz CT molecular complexity index is 596. The lowest BCUT2D eigenvalue weighted by Gasteiger charge is -2.34. The van der Waals surface area contributed by atoms with Gasteiger partial charge in [-0.3, -0.25) is 0 Å². The van der Waals surface area contributed by atoms with Gasteiger partial charge >= 0.3 is 5.97 Å². The van der Waals surface area contributed by atoms with Gasteiger partial charge in [-0.1, -0.05) is 32.8 Å². The molecule has 2 N–H and O–H groups in total. The fraction of sp³-hybridized carbons (Fsp3) is 0.500. The molecule has 0 heterocycles. The lowest BCUT2D eigenvalue weighted by molar-refractivity contribution is -0.156. The molecule has 4 heteroatoms. The molecule has 3 nitrogen and oxygen atoms in total. The second-order valence-electron chi connectivity index (χ2n) is 7.00. The number of terminal acetylenes is 1. The molecule has 0 radical (unpaired) electrons. The third-order valence-corrected chi connectivity index (χ3v) is 3.16. The molecule has 0 spiro atoms. The van der Waals surface area contributed by atoms with Gasteiger partial charge < -0.3 is 10.5 Å². The molecule has 1 atom stereocenters. The molecular formula is C18H24FNO2. The molecule has 1 unspecified atom stereocenters. The molecule has 1 rings (SSSR count). The van der Waals surface area contributed by atoms with E-state index in [1.165, 1.54) is 12.1 Å². The third kappa shape index (κ3) is 4.32. The molecule has 1 aromatic rings. The van der Waals surface area contributed by atoms with Crippen LogP contribution in [0.15, 0.2) is 18.2 Å². The zero-order chi connectivity index (χ0) is 17.1. The summed E-state index contributed by atoms with van der Waals surface area (Å²) < 4.78 is 19.3. The number of benzene rings is 1. The number of esters is 1. The van der Waals surface area contributed by atoms with Crippen LogP contribution in [0.3, 0.4) is 0 Å². The predicted octanol–water partition coefficient (Wildman–Crippen LogP) is 3.35. The van der Waals surface area contributed by atoms with Crippen molar-refractivity contribution in [2.75, 3.05) is 0 Å². The summed E-state index contributed by atoms with van der Waals surface area (Å²) in [7, 11) is 0. The summed E-state index contributed by atoms with van der Waals surface area (Å²) in [6, 6.07) is 4.27. The van der Waals surface area contributed by atoms with Crippen LogP contribution in [0.2, 0.25) is 0 Å². The zero-order valence-corrected chi connectivity index (χ0v) is 13.9. The number of hydrogen-bond donors (Lipinski definition) is 1. The molecule has 0 bridgehead atoms. The first-order valence-corrected chi connectivity index (χ1v) is 7.26. The van der Waals surface area contributed by atoms with Crippen LogP contribution in [0.25, 0.3) is 0 Å². The van der Waals surface area contributed by atoms with E-state index in [0.29, 0.717) is 12.0 Å². The van der Waals surface area contributed by atoms with Gasteiger partial charge in [0, 0.05) is 0 Å². The summed E-state index contributed by atoms with van der Waals surface area (Å²) in [6.07, 6.45) is 5.24. The van der Waals surface area contributed by atoms with Crippen molar-refractivity contribution in [1.29, 1.82) is 0 Å². The van der Waals surface area contributed by atoms with Crippen molar-refractivity contribution in [3.8, 4) is 12.3 Å². The normalized spacial score (nSPS) is 14.3. The molecular weight excluding hydrogens is 281 g/mol. The van der Waals surface area contributed by atoms with Gasteiger partial charge in [0.15, 0.2) is 0 Å². The van der Waals surface area contributed by atoms with E-state index in [2.05, 4.69) is 5.92 Å². The van der Waals surface area contributed by atoms with Crippen LogP contribution < -0.4 is 5.73 Å². The Balaban J connectivity index is 3.34. The lowest BCUT2D eigenvalue weighted by atomic mass is 9.76. The van der Waals surface area contributed by atoms with Crippen LogP contribution in [0.5, 0.6) is 0 Å². The van der Waals surface area contributed by atoms with Crippen molar-refractivity contribution in [3.63, 3.8) is 0 Å². The molecule has 0 saturated carbocycles. The minimum absolute atomic E-state index is 0.138. The molecule has 0 aliphatic rings. The smallest absolute Gasteiger partial charge is 0.331 e. The Hall–Kier alpha value is -1.86. The van der Waals surface area contributed by atoms with Gasteiger partial charge in [0.25, 0.3) is 0 Å². The maximum absolute atomic E-state index is 14.0. The van der Waals surface area contributed by atoms with Crippen molar-refractivity contribution in [3.05, 3.63) is 35.1 Å². The topological polar surface area (TPSA) is 52.3 Å². The summed E-state index contributed by atoms with van der Waals surface area (Å²) in [4.78, 5) is 12.5. The summed E-state index contributed by atoms with van der Waals surface area (Å²) in [5.74, 6) is 1.12. The molecule has 0 saturated heterocycles. The van der Waals surface area contributed by atoms with Crippen molar-refractivity contribution < 1.29 is 13.9 Å². The van der Waals surface area contributed by atoms with E-state index < -0.39 is 17.3 Å². The van der Waals surface area contributed by atoms with E-state index in [-0.39, 0.29) is 17.1 Å². The van der Waals surface area contributed by atoms with E-state index in [1.807, 2.05) is 20.8 Å². The molecule has 22 heavy (non-hydrogen) atoms. The molecule has 0 aliphatic heterocycles. The van der Waals surface area contributed by atoms with E-state index in [4.69, 9.17) is 16.9 Å². The number of nitrogens with two attached hydrogens (primary N) is 1. The fourth-order valence-electron chi connectivity index (χ4n) is 2.36. The van der Waals surface area contributed by atoms with Gasteiger partial charge in [-0.15, -0.1) is 6.42 Å². The van der Waals surface area contributed by atoms with Crippen LogP contribution in [-0.2, 0) is 15.1 Å². The first-order chi connectivity index (χ1) is 9.99. The number of halogens is 1. The molecule has 0 aliphatic carbocycles. The van der Waals surface area contributed by atoms with Crippen molar-refractivity contribution in [2.24, 2.45) is 11.1 Å². The Labute approximate surface area is 132 Å². The summed E-state index contributed by atoms with van der Waals surface area (Å²) in [5.41, 5.74) is 5.20. The first kappa shape index (κ1) is 18.2. The van der Waals surface area contributed by atoms with Crippen LogP contribution in [0.4, 0.5) is 4.39 Å². The molecule has 0 amide bonds. The SMILES string of the molecule is C#Cc1ccc(C(N)(CC(C)(C)C)C(=O)OC(C)C)cc1F. The number of rotatable bonds is 4. The maximum Gasteiger partial charge on any atom is 0.331 e. The highest BCUT2D eigenvalue weighted by Crippen LogP contribution is 2.35. The highest BCUT2D eigenvalue weighted by atomic mass is 19.1. The Kier molecular flexibility index (Phi) is 5.37. The van der Waals surface area contributed by atoms with Crippen LogP contribution in [0.1, 0.15) is 52.2 Å². The monoisotopic (exact) mass is 305 g/mol. The molecule has 120 valence electrons. The standard InChI is InChI=1S/C18H24FNO2/c1-7-13-8-9-14(10-15(13)19)18(20,11-17(4,5)6)16(21)22-12(2)3/h1,8-10,12H,11,20H2,2-6H3. The summed E-state index contributed by atoms with van der Waals surface area (Å²) >= 11 is 0. The number of carbonyl (C=O) groups excluding carboxylic acids is 1. The number of hydrogen-bond acceptors (Lipinski definition) is 3. The maximum atomic E-state index is 14.0. The van der Waals surface area contributed by atoms with E-state index in [9.17, 15) is 9.18 Å². The van der Waals surface area contributed by atoms with E-state index in [0.717, 1.165) is 0 Å².